The second-order valence-electron chi connectivity index (χ2n) is 5.51. The molecule has 0 radical (unpaired) electrons. The summed E-state index contributed by atoms with van der Waals surface area (Å²) in [5.74, 6) is 2.25. The summed E-state index contributed by atoms with van der Waals surface area (Å²) < 4.78 is 11.0. The van der Waals surface area contributed by atoms with E-state index in [9.17, 15) is 0 Å². The van der Waals surface area contributed by atoms with Crippen LogP contribution in [0.3, 0.4) is 0 Å². The Morgan fingerprint density at radius 2 is 1.58 bits per heavy atom. The van der Waals surface area contributed by atoms with Crippen LogP contribution in [-0.2, 0) is 0 Å². The van der Waals surface area contributed by atoms with E-state index in [0.29, 0.717) is 5.92 Å². The molecule has 2 N–H and O–H groups in total. The highest BCUT2D eigenvalue weighted by atomic mass is 16.5. The molecule has 1 aliphatic rings. The number of hydrogen-bond donors (Lipinski definition) is 1. The lowest BCUT2D eigenvalue weighted by Gasteiger charge is -2.29. The Kier molecular flexibility index (Phi) is 4.70. The van der Waals surface area contributed by atoms with Crippen molar-refractivity contribution in [1.29, 1.82) is 0 Å². The van der Waals surface area contributed by atoms with Crippen molar-refractivity contribution in [2.24, 2.45) is 11.7 Å². The lowest BCUT2D eigenvalue weighted by Crippen LogP contribution is -2.24. The molecule has 0 aliphatic heterocycles. The molecular weight excluding hydrogens is 238 g/mol. The average Bonchev–Trinajstić information content (AvgIpc) is 2.46. The minimum absolute atomic E-state index is 0.00537. The van der Waals surface area contributed by atoms with Gasteiger partial charge in [0.15, 0.2) is 0 Å². The van der Waals surface area contributed by atoms with Gasteiger partial charge in [0.05, 0.1) is 19.8 Å². The highest BCUT2D eigenvalue weighted by molar-refractivity contribution is 5.49. The third-order valence-corrected chi connectivity index (χ3v) is 4.18. The molecule has 0 bridgehead atoms. The van der Waals surface area contributed by atoms with Gasteiger partial charge in [-0.3, -0.25) is 0 Å². The first-order valence-corrected chi connectivity index (χ1v) is 7.15. The summed E-state index contributed by atoms with van der Waals surface area (Å²) in [6.07, 6.45) is 6.33. The van der Waals surface area contributed by atoms with Gasteiger partial charge in [0.25, 0.3) is 0 Å². The molecule has 0 heterocycles. The molecule has 0 amide bonds. The van der Waals surface area contributed by atoms with Gasteiger partial charge in [-0.05, 0) is 43.4 Å². The molecule has 1 aromatic carbocycles. The summed E-state index contributed by atoms with van der Waals surface area (Å²) >= 11 is 0. The van der Waals surface area contributed by atoms with Gasteiger partial charge in [0, 0.05) is 6.04 Å². The molecule has 1 aromatic rings. The smallest absolute Gasteiger partial charge is 0.127 e. The quantitative estimate of drug-likeness (QED) is 0.902. The summed E-state index contributed by atoms with van der Waals surface area (Å²) in [6.45, 7) is 2.04. The first-order chi connectivity index (χ1) is 9.17. The van der Waals surface area contributed by atoms with E-state index < -0.39 is 0 Å². The Morgan fingerprint density at radius 1 is 1.05 bits per heavy atom. The van der Waals surface area contributed by atoms with Crippen molar-refractivity contribution < 1.29 is 9.47 Å². The van der Waals surface area contributed by atoms with E-state index in [1.807, 2.05) is 19.1 Å². The largest absolute Gasteiger partial charge is 0.496 e. The molecule has 0 saturated heterocycles. The van der Waals surface area contributed by atoms with E-state index in [1.54, 1.807) is 14.2 Å². The van der Waals surface area contributed by atoms with E-state index in [4.69, 9.17) is 15.2 Å². The Labute approximate surface area is 116 Å². The van der Waals surface area contributed by atoms with Crippen LogP contribution in [0.2, 0.25) is 0 Å². The second kappa shape index (κ2) is 6.29. The molecule has 1 aliphatic carbocycles. The molecule has 19 heavy (non-hydrogen) atoms. The fourth-order valence-electron chi connectivity index (χ4n) is 3.13. The maximum Gasteiger partial charge on any atom is 0.127 e. The summed E-state index contributed by atoms with van der Waals surface area (Å²) in [5, 5.41) is 0. The van der Waals surface area contributed by atoms with Crippen LogP contribution in [0, 0.1) is 12.8 Å². The van der Waals surface area contributed by atoms with Crippen LogP contribution in [0.5, 0.6) is 11.5 Å². The van der Waals surface area contributed by atoms with Gasteiger partial charge in [-0.2, -0.15) is 0 Å². The fourth-order valence-corrected chi connectivity index (χ4v) is 3.13. The highest BCUT2D eigenvalue weighted by Gasteiger charge is 2.27. The summed E-state index contributed by atoms with van der Waals surface area (Å²) in [7, 11) is 3.40. The van der Waals surface area contributed by atoms with Gasteiger partial charge >= 0.3 is 0 Å². The van der Waals surface area contributed by atoms with Gasteiger partial charge in [-0.1, -0.05) is 19.3 Å². The van der Waals surface area contributed by atoms with Crippen molar-refractivity contribution in [2.75, 3.05) is 14.2 Å². The van der Waals surface area contributed by atoms with Crippen molar-refractivity contribution in [1.82, 2.24) is 0 Å². The number of methoxy groups -OCH3 is 2. The first-order valence-electron chi connectivity index (χ1n) is 7.15. The van der Waals surface area contributed by atoms with Crippen molar-refractivity contribution in [2.45, 2.75) is 45.1 Å². The molecule has 3 heteroatoms. The highest BCUT2D eigenvalue weighted by Crippen LogP contribution is 2.41. The van der Waals surface area contributed by atoms with Crippen LogP contribution >= 0.6 is 0 Å². The van der Waals surface area contributed by atoms with Crippen molar-refractivity contribution in [3.8, 4) is 11.5 Å². The van der Waals surface area contributed by atoms with E-state index in [0.717, 1.165) is 22.6 Å². The number of ether oxygens (including phenoxy) is 2. The Balaban J connectivity index is 2.35. The van der Waals surface area contributed by atoms with E-state index in [-0.39, 0.29) is 6.04 Å². The predicted molar refractivity (Wildman–Crippen MR) is 77.8 cm³/mol. The monoisotopic (exact) mass is 263 g/mol. The molecule has 0 spiro atoms. The molecule has 1 atom stereocenters. The zero-order chi connectivity index (χ0) is 13.8. The van der Waals surface area contributed by atoms with Crippen molar-refractivity contribution in [3.63, 3.8) is 0 Å². The summed E-state index contributed by atoms with van der Waals surface area (Å²) in [6, 6.07) is 4.09. The summed E-state index contributed by atoms with van der Waals surface area (Å²) in [4.78, 5) is 0. The first kappa shape index (κ1) is 14.2. The standard InChI is InChI=1S/C16H25NO2/c1-11-9-13(18-2)15(14(10-11)19-3)16(17)12-7-5-4-6-8-12/h9-10,12,16H,4-8,17H2,1-3H3/t16-/m0/s1. The van der Waals surface area contributed by atoms with Crippen LogP contribution in [-0.4, -0.2) is 14.2 Å². The van der Waals surface area contributed by atoms with Gasteiger partial charge in [0.2, 0.25) is 0 Å². The molecule has 1 fully saturated rings. The Morgan fingerprint density at radius 3 is 2.05 bits per heavy atom. The van der Waals surface area contributed by atoms with Gasteiger partial charge in [0.1, 0.15) is 11.5 Å². The molecular formula is C16H25NO2. The molecule has 3 nitrogen and oxygen atoms in total. The minimum Gasteiger partial charge on any atom is -0.496 e. The number of benzene rings is 1. The lowest BCUT2D eigenvalue weighted by atomic mass is 9.81. The third-order valence-electron chi connectivity index (χ3n) is 4.18. The second-order valence-corrected chi connectivity index (χ2v) is 5.51. The van der Waals surface area contributed by atoms with Crippen LogP contribution in [0.15, 0.2) is 12.1 Å². The summed E-state index contributed by atoms with van der Waals surface area (Å²) in [5.41, 5.74) is 8.68. The van der Waals surface area contributed by atoms with Crippen LogP contribution in [0.4, 0.5) is 0 Å². The fraction of sp³-hybridized carbons (Fsp3) is 0.625. The average molecular weight is 263 g/mol. The maximum absolute atomic E-state index is 6.51. The van der Waals surface area contributed by atoms with Crippen molar-refractivity contribution in [3.05, 3.63) is 23.3 Å². The number of nitrogens with two attached hydrogens (primary N) is 1. The van der Waals surface area contributed by atoms with E-state index in [2.05, 4.69) is 0 Å². The minimum atomic E-state index is 0.00537. The molecule has 0 unspecified atom stereocenters. The predicted octanol–water partition coefficient (Wildman–Crippen LogP) is 3.59. The molecule has 106 valence electrons. The lowest BCUT2D eigenvalue weighted by molar-refractivity contribution is 0.292. The van der Waals surface area contributed by atoms with Gasteiger partial charge in [-0.15, -0.1) is 0 Å². The van der Waals surface area contributed by atoms with Crippen LogP contribution in [0.25, 0.3) is 0 Å². The third kappa shape index (κ3) is 3.03. The Bertz CT molecular complexity index is 400. The normalized spacial score (nSPS) is 18.1. The van der Waals surface area contributed by atoms with Crippen LogP contribution in [0.1, 0.15) is 49.3 Å². The Hall–Kier alpha value is -1.22. The van der Waals surface area contributed by atoms with Crippen LogP contribution < -0.4 is 15.2 Å². The van der Waals surface area contributed by atoms with Gasteiger partial charge in [-0.25, -0.2) is 0 Å². The maximum atomic E-state index is 6.51. The van der Waals surface area contributed by atoms with Gasteiger partial charge < -0.3 is 15.2 Å². The number of rotatable bonds is 4. The van der Waals surface area contributed by atoms with E-state index in [1.165, 1.54) is 32.1 Å². The zero-order valence-electron chi connectivity index (χ0n) is 12.2. The van der Waals surface area contributed by atoms with Crippen molar-refractivity contribution >= 4 is 0 Å². The molecule has 0 aromatic heterocycles. The zero-order valence-corrected chi connectivity index (χ0v) is 12.2. The van der Waals surface area contributed by atoms with E-state index >= 15 is 0 Å². The topological polar surface area (TPSA) is 44.5 Å². The number of hydrogen-bond acceptors (Lipinski definition) is 3. The molecule has 1 saturated carbocycles. The molecule has 2 rings (SSSR count). The SMILES string of the molecule is COc1cc(C)cc(OC)c1[C@@H](N)C1CCCCC1. The number of aryl methyl sites for hydroxylation is 1.